The van der Waals surface area contributed by atoms with Gasteiger partial charge in [0.2, 0.25) is 0 Å². The van der Waals surface area contributed by atoms with E-state index in [1.807, 2.05) is 0 Å². The van der Waals surface area contributed by atoms with Gasteiger partial charge in [0.15, 0.2) is 0 Å². The monoisotopic (exact) mass is 240 g/mol. The Hall–Kier alpha value is -0.120. The van der Waals surface area contributed by atoms with Crippen LogP contribution in [0.5, 0.6) is 0 Å². The number of hydrogen-bond donors (Lipinski definition) is 1. The predicted octanol–water partition coefficient (Wildman–Crippen LogP) is 1.56. The number of aliphatic hydroxyl groups is 1. The lowest BCUT2D eigenvalue weighted by Gasteiger charge is -2.44. The maximum atomic E-state index is 10.2. The van der Waals surface area contributed by atoms with Crippen LogP contribution in [0.2, 0.25) is 0 Å². The molecular weight excluding hydrogens is 212 g/mol. The van der Waals surface area contributed by atoms with E-state index in [1.54, 1.807) is 0 Å². The summed E-state index contributed by atoms with van der Waals surface area (Å²) in [5.41, 5.74) is 0. The number of nitrogens with zero attached hydrogens (tertiary/aromatic N) is 2. The molecule has 2 aliphatic rings. The molecule has 3 unspecified atom stereocenters. The van der Waals surface area contributed by atoms with Crippen molar-refractivity contribution in [2.45, 2.75) is 58.2 Å². The van der Waals surface area contributed by atoms with Crippen molar-refractivity contribution in [3.05, 3.63) is 0 Å². The molecule has 1 aliphatic carbocycles. The third-order valence-corrected chi connectivity index (χ3v) is 4.59. The Morgan fingerprint density at radius 1 is 1.06 bits per heavy atom. The standard InChI is InChI=1S/C14H28N2O/c1-11(2)15-6-8-16(9-7-15)13-10-12(3)4-5-14(13)17/h11-14,17H,4-10H2,1-3H3. The van der Waals surface area contributed by atoms with Gasteiger partial charge in [-0.25, -0.2) is 0 Å². The van der Waals surface area contributed by atoms with Crippen LogP contribution in [0.1, 0.15) is 40.0 Å². The van der Waals surface area contributed by atoms with E-state index in [1.165, 1.54) is 12.8 Å². The molecule has 1 aliphatic heterocycles. The quantitative estimate of drug-likeness (QED) is 0.793. The zero-order valence-corrected chi connectivity index (χ0v) is 11.6. The molecule has 0 spiro atoms. The molecule has 3 heteroatoms. The second kappa shape index (κ2) is 5.68. The normalized spacial score (nSPS) is 37.6. The molecule has 0 aromatic carbocycles. The van der Waals surface area contributed by atoms with Gasteiger partial charge in [-0.05, 0) is 39.0 Å². The average molecular weight is 240 g/mol. The van der Waals surface area contributed by atoms with Gasteiger partial charge < -0.3 is 5.11 Å². The van der Waals surface area contributed by atoms with Crippen LogP contribution in [0.15, 0.2) is 0 Å². The van der Waals surface area contributed by atoms with Crippen molar-refractivity contribution in [2.24, 2.45) is 5.92 Å². The van der Waals surface area contributed by atoms with Crippen LogP contribution in [-0.4, -0.2) is 59.3 Å². The van der Waals surface area contributed by atoms with Crippen LogP contribution >= 0.6 is 0 Å². The maximum absolute atomic E-state index is 10.2. The smallest absolute Gasteiger partial charge is 0.0695 e. The van der Waals surface area contributed by atoms with Crippen molar-refractivity contribution in [1.82, 2.24) is 9.80 Å². The largest absolute Gasteiger partial charge is 0.391 e. The van der Waals surface area contributed by atoms with Gasteiger partial charge in [-0.15, -0.1) is 0 Å². The summed E-state index contributed by atoms with van der Waals surface area (Å²) in [6.45, 7) is 11.5. The van der Waals surface area contributed by atoms with Crippen molar-refractivity contribution in [3.63, 3.8) is 0 Å². The first-order valence-corrected chi connectivity index (χ1v) is 7.24. The van der Waals surface area contributed by atoms with Crippen molar-refractivity contribution in [2.75, 3.05) is 26.2 Å². The minimum atomic E-state index is -0.0863. The first kappa shape index (κ1) is 13.3. The van der Waals surface area contributed by atoms with Gasteiger partial charge in [0.25, 0.3) is 0 Å². The van der Waals surface area contributed by atoms with E-state index in [0.29, 0.717) is 12.1 Å². The van der Waals surface area contributed by atoms with E-state index in [2.05, 4.69) is 30.6 Å². The zero-order chi connectivity index (χ0) is 12.4. The van der Waals surface area contributed by atoms with Gasteiger partial charge in [-0.1, -0.05) is 6.92 Å². The van der Waals surface area contributed by atoms with Crippen molar-refractivity contribution >= 4 is 0 Å². The van der Waals surface area contributed by atoms with Crippen molar-refractivity contribution in [3.8, 4) is 0 Å². The van der Waals surface area contributed by atoms with E-state index in [-0.39, 0.29) is 6.10 Å². The minimum absolute atomic E-state index is 0.0863. The molecule has 17 heavy (non-hydrogen) atoms. The molecule has 3 nitrogen and oxygen atoms in total. The number of aliphatic hydroxyl groups excluding tert-OH is 1. The third kappa shape index (κ3) is 3.21. The Kier molecular flexibility index (Phi) is 4.45. The average Bonchev–Trinajstić information content (AvgIpc) is 2.32. The lowest BCUT2D eigenvalue weighted by molar-refractivity contribution is -0.0189. The second-order valence-electron chi connectivity index (χ2n) is 6.22. The van der Waals surface area contributed by atoms with Crippen LogP contribution in [0.25, 0.3) is 0 Å². The van der Waals surface area contributed by atoms with Crippen LogP contribution in [-0.2, 0) is 0 Å². The fourth-order valence-corrected chi connectivity index (χ4v) is 3.31. The molecule has 1 N–H and O–H groups in total. The molecule has 1 saturated heterocycles. The molecule has 0 radical (unpaired) electrons. The van der Waals surface area contributed by atoms with E-state index >= 15 is 0 Å². The summed E-state index contributed by atoms with van der Waals surface area (Å²) in [5, 5.41) is 10.2. The zero-order valence-electron chi connectivity index (χ0n) is 11.6. The fourth-order valence-electron chi connectivity index (χ4n) is 3.31. The van der Waals surface area contributed by atoms with Crippen molar-refractivity contribution < 1.29 is 5.11 Å². The molecule has 2 fully saturated rings. The molecule has 1 saturated carbocycles. The molecular formula is C14H28N2O. The summed E-state index contributed by atoms with van der Waals surface area (Å²) in [6, 6.07) is 1.08. The second-order valence-corrected chi connectivity index (χ2v) is 6.22. The highest BCUT2D eigenvalue weighted by Crippen LogP contribution is 2.28. The highest BCUT2D eigenvalue weighted by Gasteiger charge is 2.33. The topological polar surface area (TPSA) is 26.7 Å². The van der Waals surface area contributed by atoms with Gasteiger partial charge >= 0.3 is 0 Å². The highest BCUT2D eigenvalue weighted by atomic mass is 16.3. The number of piperazine rings is 1. The Bertz CT molecular complexity index is 236. The fraction of sp³-hybridized carbons (Fsp3) is 1.00. The third-order valence-electron chi connectivity index (χ3n) is 4.59. The highest BCUT2D eigenvalue weighted by molar-refractivity contribution is 4.88. The molecule has 3 atom stereocenters. The SMILES string of the molecule is CC1CCC(O)C(N2CCN(C(C)C)CC2)C1. The maximum Gasteiger partial charge on any atom is 0.0695 e. The Balaban J connectivity index is 1.87. The predicted molar refractivity (Wildman–Crippen MR) is 71.1 cm³/mol. The van der Waals surface area contributed by atoms with Gasteiger partial charge in [-0.2, -0.15) is 0 Å². The van der Waals surface area contributed by atoms with Gasteiger partial charge in [0.1, 0.15) is 0 Å². The molecule has 0 aromatic heterocycles. The molecule has 0 amide bonds. The van der Waals surface area contributed by atoms with Gasteiger partial charge in [0, 0.05) is 38.3 Å². The number of rotatable bonds is 2. The lowest BCUT2D eigenvalue weighted by atomic mass is 9.84. The van der Waals surface area contributed by atoms with Gasteiger partial charge in [-0.3, -0.25) is 9.80 Å². The van der Waals surface area contributed by atoms with Crippen LogP contribution in [0.4, 0.5) is 0 Å². The molecule has 1 heterocycles. The summed E-state index contributed by atoms with van der Waals surface area (Å²) < 4.78 is 0. The number of hydrogen-bond acceptors (Lipinski definition) is 3. The summed E-state index contributed by atoms with van der Waals surface area (Å²) >= 11 is 0. The Morgan fingerprint density at radius 2 is 1.71 bits per heavy atom. The van der Waals surface area contributed by atoms with Crippen LogP contribution in [0.3, 0.4) is 0 Å². The Morgan fingerprint density at radius 3 is 2.29 bits per heavy atom. The minimum Gasteiger partial charge on any atom is -0.391 e. The lowest BCUT2D eigenvalue weighted by Crippen LogP contribution is -2.56. The molecule has 0 aromatic rings. The summed E-state index contributed by atoms with van der Waals surface area (Å²) in [5.74, 6) is 0.784. The van der Waals surface area contributed by atoms with Crippen LogP contribution < -0.4 is 0 Å². The summed E-state index contributed by atoms with van der Waals surface area (Å²) in [7, 11) is 0. The summed E-state index contributed by atoms with van der Waals surface area (Å²) in [4.78, 5) is 5.06. The molecule has 2 rings (SSSR count). The molecule has 100 valence electrons. The van der Waals surface area contributed by atoms with E-state index in [4.69, 9.17) is 0 Å². The first-order chi connectivity index (χ1) is 8.08. The first-order valence-electron chi connectivity index (χ1n) is 7.24. The van der Waals surface area contributed by atoms with E-state index < -0.39 is 0 Å². The molecule has 0 bridgehead atoms. The van der Waals surface area contributed by atoms with Gasteiger partial charge in [0.05, 0.1) is 6.10 Å². The van der Waals surface area contributed by atoms with E-state index in [9.17, 15) is 5.11 Å². The summed E-state index contributed by atoms with van der Waals surface area (Å²) in [6.07, 6.45) is 3.29. The Labute approximate surface area is 106 Å². The van der Waals surface area contributed by atoms with E-state index in [0.717, 1.165) is 38.5 Å². The van der Waals surface area contributed by atoms with Crippen molar-refractivity contribution in [1.29, 1.82) is 0 Å². The van der Waals surface area contributed by atoms with Crippen LogP contribution in [0, 0.1) is 5.92 Å².